The summed E-state index contributed by atoms with van der Waals surface area (Å²) >= 11 is 9.15. The topological polar surface area (TPSA) is 86.8 Å². The van der Waals surface area contributed by atoms with Crippen molar-refractivity contribution in [3.8, 4) is 0 Å². The van der Waals surface area contributed by atoms with Crippen LogP contribution >= 0.6 is 27.5 Å². The first-order valence-electron chi connectivity index (χ1n) is 12.4. The summed E-state index contributed by atoms with van der Waals surface area (Å²) in [6.07, 6.45) is -4.88. The van der Waals surface area contributed by atoms with Crippen molar-refractivity contribution in [1.82, 2.24) is 10.2 Å². The second kappa shape index (κ2) is 13.3. The highest BCUT2D eigenvalue weighted by atomic mass is 79.9. The van der Waals surface area contributed by atoms with Gasteiger partial charge in [-0.3, -0.25) is 13.9 Å². The molecule has 3 aromatic rings. The molecule has 2 amide bonds. The predicted octanol–water partition coefficient (Wildman–Crippen LogP) is 6.26. The molecule has 0 heterocycles. The highest BCUT2D eigenvalue weighted by Crippen LogP contribution is 2.38. The number of nitrogens with one attached hydrogen (secondary N) is 1. The van der Waals surface area contributed by atoms with Crippen LogP contribution in [0.25, 0.3) is 0 Å². The average molecular weight is 675 g/mol. The largest absolute Gasteiger partial charge is 0.417 e. The first-order valence-corrected chi connectivity index (χ1v) is 15.0. The van der Waals surface area contributed by atoms with E-state index in [1.165, 1.54) is 36.1 Å². The molecule has 0 radical (unpaired) electrons. The Morgan fingerprint density at radius 2 is 1.63 bits per heavy atom. The number of hydrogen-bond acceptors (Lipinski definition) is 4. The van der Waals surface area contributed by atoms with E-state index in [1.54, 1.807) is 44.2 Å². The summed E-state index contributed by atoms with van der Waals surface area (Å²) in [6.45, 7) is 4.03. The molecule has 13 heteroatoms. The molecular weight excluding hydrogens is 647 g/mol. The van der Waals surface area contributed by atoms with E-state index in [1.807, 2.05) is 0 Å². The molecule has 0 saturated carbocycles. The summed E-state index contributed by atoms with van der Waals surface area (Å²) in [7, 11) is -4.53. The van der Waals surface area contributed by atoms with Crippen molar-refractivity contribution in [2.24, 2.45) is 0 Å². The Morgan fingerprint density at radius 1 is 0.976 bits per heavy atom. The van der Waals surface area contributed by atoms with Gasteiger partial charge in [-0.05, 0) is 68.8 Å². The second-order valence-corrected chi connectivity index (χ2v) is 12.7. The number of anilines is 1. The first kappa shape index (κ1) is 32.4. The van der Waals surface area contributed by atoms with Crippen molar-refractivity contribution in [2.45, 2.75) is 50.5 Å². The van der Waals surface area contributed by atoms with Crippen molar-refractivity contribution in [2.75, 3.05) is 10.8 Å². The van der Waals surface area contributed by atoms with Gasteiger partial charge in [-0.1, -0.05) is 57.9 Å². The number of hydrogen-bond donors (Lipinski definition) is 1. The van der Waals surface area contributed by atoms with Crippen LogP contribution in [0.4, 0.5) is 18.9 Å². The average Bonchev–Trinajstić information content (AvgIpc) is 2.89. The Bertz CT molecular complexity index is 1500. The van der Waals surface area contributed by atoms with Crippen LogP contribution in [0.2, 0.25) is 5.02 Å². The third-order valence-corrected chi connectivity index (χ3v) is 8.60. The predicted molar refractivity (Wildman–Crippen MR) is 155 cm³/mol. The second-order valence-electron chi connectivity index (χ2n) is 9.48. The van der Waals surface area contributed by atoms with Crippen LogP contribution in [0.3, 0.4) is 0 Å². The van der Waals surface area contributed by atoms with Gasteiger partial charge in [0.1, 0.15) is 12.6 Å². The molecule has 3 aromatic carbocycles. The van der Waals surface area contributed by atoms with Crippen LogP contribution in [0.1, 0.15) is 31.9 Å². The van der Waals surface area contributed by atoms with Crippen LogP contribution in [-0.2, 0) is 32.3 Å². The Labute approximate surface area is 250 Å². The van der Waals surface area contributed by atoms with Crippen molar-refractivity contribution in [1.29, 1.82) is 0 Å². The van der Waals surface area contributed by atoms with Crippen molar-refractivity contribution in [3.63, 3.8) is 0 Å². The smallest absolute Gasteiger partial charge is 0.352 e. The van der Waals surface area contributed by atoms with Crippen molar-refractivity contribution >= 4 is 55.1 Å². The molecule has 3 rings (SSSR count). The normalized spacial score (nSPS) is 12.6. The minimum atomic E-state index is -4.88. The van der Waals surface area contributed by atoms with E-state index in [2.05, 4.69) is 21.2 Å². The number of amides is 2. The maximum atomic E-state index is 13.9. The number of carbonyl (C=O) groups is 2. The molecule has 0 fully saturated rings. The molecule has 0 aliphatic heterocycles. The van der Waals surface area contributed by atoms with Gasteiger partial charge in [0.25, 0.3) is 10.0 Å². The lowest BCUT2D eigenvalue weighted by Gasteiger charge is -2.32. The Hall–Kier alpha value is -3.09. The maximum absolute atomic E-state index is 13.9. The summed E-state index contributed by atoms with van der Waals surface area (Å²) in [4.78, 5) is 27.7. The van der Waals surface area contributed by atoms with E-state index in [9.17, 15) is 31.2 Å². The lowest BCUT2D eigenvalue weighted by atomic mass is 10.1. The zero-order valence-corrected chi connectivity index (χ0v) is 25.5. The van der Waals surface area contributed by atoms with Gasteiger partial charge in [0.2, 0.25) is 11.8 Å². The number of alkyl halides is 3. The molecule has 41 heavy (non-hydrogen) atoms. The fraction of sp³-hybridized carbons (Fsp3) is 0.286. The van der Waals surface area contributed by atoms with Gasteiger partial charge in [-0.15, -0.1) is 0 Å². The van der Waals surface area contributed by atoms with Gasteiger partial charge in [0, 0.05) is 17.1 Å². The Morgan fingerprint density at radius 3 is 2.22 bits per heavy atom. The van der Waals surface area contributed by atoms with E-state index in [0.29, 0.717) is 15.9 Å². The molecule has 7 nitrogen and oxygen atoms in total. The zero-order chi connectivity index (χ0) is 30.5. The van der Waals surface area contributed by atoms with E-state index >= 15 is 0 Å². The number of nitrogens with zero attached hydrogens (tertiary/aromatic N) is 2. The van der Waals surface area contributed by atoms with Crippen LogP contribution < -0.4 is 9.62 Å². The molecule has 1 atom stereocenters. The van der Waals surface area contributed by atoms with Crippen molar-refractivity contribution < 1.29 is 31.2 Å². The van der Waals surface area contributed by atoms with Gasteiger partial charge in [0.15, 0.2) is 0 Å². The molecule has 1 N–H and O–H groups in total. The number of sulfonamides is 1. The maximum Gasteiger partial charge on any atom is 0.417 e. The number of halogens is 5. The van der Waals surface area contributed by atoms with Gasteiger partial charge < -0.3 is 10.2 Å². The summed E-state index contributed by atoms with van der Waals surface area (Å²) in [5, 5.41) is 2.11. The fourth-order valence-corrected chi connectivity index (χ4v) is 6.05. The lowest BCUT2D eigenvalue weighted by Crippen LogP contribution is -2.52. The van der Waals surface area contributed by atoms with Crippen molar-refractivity contribution in [3.05, 3.63) is 93.4 Å². The Kier molecular flexibility index (Phi) is 10.5. The molecule has 0 saturated heterocycles. The number of carbonyl (C=O) groups excluding carboxylic acids is 2. The molecular formula is C28H28BrClF3N3O4S. The minimum Gasteiger partial charge on any atom is -0.352 e. The Balaban J connectivity index is 2.11. The van der Waals surface area contributed by atoms with Crippen LogP contribution in [0.5, 0.6) is 0 Å². The summed E-state index contributed by atoms with van der Waals surface area (Å²) < 4.78 is 69.9. The van der Waals surface area contributed by atoms with E-state index < -0.39 is 56.9 Å². The first-order chi connectivity index (χ1) is 19.1. The monoisotopic (exact) mass is 673 g/mol. The number of rotatable bonds is 10. The molecule has 0 aliphatic carbocycles. The van der Waals surface area contributed by atoms with Gasteiger partial charge in [-0.25, -0.2) is 8.42 Å². The van der Waals surface area contributed by atoms with E-state index in [0.717, 1.165) is 16.6 Å². The third kappa shape index (κ3) is 8.23. The third-order valence-electron chi connectivity index (χ3n) is 5.99. The van der Waals surface area contributed by atoms with Gasteiger partial charge in [-0.2, -0.15) is 13.2 Å². The summed E-state index contributed by atoms with van der Waals surface area (Å²) in [6, 6.07) is 15.3. The summed E-state index contributed by atoms with van der Waals surface area (Å²) in [5.74, 6) is -1.29. The van der Waals surface area contributed by atoms with Gasteiger partial charge in [0.05, 0.1) is 21.2 Å². The minimum absolute atomic E-state index is 0.0708. The highest BCUT2D eigenvalue weighted by molar-refractivity contribution is 9.10. The van der Waals surface area contributed by atoms with Crippen LogP contribution in [0, 0.1) is 0 Å². The quantitative estimate of drug-likeness (QED) is 0.275. The van der Waals surface area contributed by atoms with E-state index in [4.69, 9.17) is 11.6 Å². The molecule has 0 spiro atoms. The van der Waals surface area contributed by atoms with Gasteiger partial charge >= 0.3 is 6.18 Å². The molecule has 0 unspecified atom stereocenters. The standard InChI is InChI=1S/C28H28BrClF3N3O4S/c1-18(2)34-27(38)19(3)35(16-20-8-7-9-21(29)14-20)26(37)17-36(41(39,40)23-10-5-4-6-11-23)22-12-13-25(30)24(15-22)28(31,32)33/h4-15,18-19H,16-17H2,1-3H3,(H,34,38)/t19-/m0/s1. The molecule has 0 aliphatic rings. The highest BCUT2D eigenvalue weighted by Gasteiger charge is 2.37. The number of benzene rings is 3. The SMILES string of the molecule is CC(C)NC(=O)[C@H](C)N(Cc1cccc(Br)c1)C(=O)CN(c1ccc(Cl)c(C(F)(F)F)c1)S(=O)(=O)c1ccccc1. The van der Waals surface area contributed by atoms with Crippen LogP contribution in [-0.4, -0.2) is 43.8 Å². The van der Waals surface area contributed by atoms with Crippen LogP contribution in [0.15, 0.2) is 82.2 Å². The fourth-order valence-electron chi connectivity index (χ4n) is 3.95. The molecule has 0 aromatic heterocycles. The lowest BCUT2D eigenvalue weighted by molar-refractivity contribution is -0.139. The zero-order valence-electron chi connectivity index (χ0n) is 22.3. The molecule has 0 bridgehead atoms. The van der Waals surface area contributed by atoms with E-state index in [-0.39, 0.29) is 17.5 Å². The summed E-state index contributed by atoms with van der Waals surface area (Å²) in [5.41, 5.74) is -1.03. The molecule has 220 valence electrons.